The summed E-state index contributed by atoms with van der Waals surface area (Å²) in [4.78, 5) is 30.4. The van der Waals surface area contributed by atoms with Crippen molar-refractivity contribution in [2.75, 3.05) is 20.2 Å². The van der Waals surface area contributed by atoms with Gasteiger partial charge in [-0.25, -0.2) is 4.98 Å². The molecule has 21 heavy (non-hydrogen) atoms. The molecule has 112 valence electrons. The van der Waals surface area contributed by atoms with Gasteiger partial charge in [-0.05, 0) is 18.4 Å². The summed E-state index contributed by atoms with van der Waals surface area (Å²) in [5, 5.41) is 4.56. The Balaban J connectivity index is 1.95. The molecule has 0 atom stereocenters. The van der Waals surface area contributed by atoms with E-state index in [0.717, 1.165) is 9.88 Å². The van der Waals surface area contributed by atoms with E-state index in [4.69, 9.17) is 4.74 Å². The van der Waals surface area contributed by atoms with Gasteiger partial charge in [-0.15, -0.1) is 22.7 Å². The molecule has 2 aromatic heterocycles. The van der Waals surface area contributed by atoms with E-state index < -0.39 is 0 Å². The van der Waals surface area contributed by atoms with Gasteiger partial charge < -0.3 is 9.64 Å². The highest BCUT2D eigenvalue weighted by Gasteiger charge is 2.17. The van der Waals surface area contributed by atoms with Gasteiger partial charge in [0.1, 0.15) is 10.7 Å². The third-order valence-electron chi connectivity index (χ3n) is 2.76. The van der Waals surface area contributed by atoms with E-state index in [9.17, 15) is 9.59 Å². The summed E-state index contributed by atoms with van der Waals surface area (Å²) in [6.45, 7) is 2.43. The molecule has 0 aromatic carbocycles. The van der Waals surface area contributed by atoms with Crippen LogP contribution in [0.15, 0.2) is 22.9 Å². The summed E-state index contributed by atoms with van der Waals surface area (Å²) in [5.74, 6) is -0.479. The molecule has 5 nitrogen and oxygen atoms in total. The number of hydrogen-bond acceptors (Lipinski definition) is 6. The van der Waals surface area contributed by atoms with Crippen molar-refractivity contribution in [3.63, 3.8) is 0 Å². The lowest BCUT2D eigenvalue weighted by Crippen LogP contribution is -2.29. The highest BCUT2D eigenvalue weighted by atomic mass is 32.1. The second-order valence-electron chi connectivity index (χ2n) is 4.30. The maximum absolute atomic E-state index is 12.2. The number of ether oxygens (including phenoxy) is 1. The average Bonchev–Trinajstić information content (AvgIpc) is 3.14. The Morgan fingerprint density at radius 1 is 1.38 bits per heavy atom. The Morgan fingerprint density at radius 2 is 2.19 bits per heavy atom. The minimum atomic E-state index is -0.297. The second kappa shape index (κ2) is 7.33. The minimum Gasteiger partial charge on any atom is -0.466 e. The lowest BCUT2D eigenvalue weighted by Gasteiger charge is -2.15. The summed E-state index contributed by atoms with van der Waals surface area (Å²) in [7, 11) is 1.66. The fraction of sp³-hybridized carbons (Fsp3) is 0.357. The van der Waals surface area contributed by atoms with E-state index in [1.807, 2.05) is 17.5 Å². The van der Waals surface area contributed by atoms with Gasteiger partial charge in [0.15, 0.2) is 0 Å². The Kier molecular flexibility index (Phi) is 5.46. The topological polar surface area (TPSA) is 59.5 Å². The predicted octanol–water partition coefficient (Wildman–Crippen LogP) is 2.90. The fourth-order valence-electron chi connectivity index (χ4n) is 1.67. The Hall–Kier alpha value is -1.73. The molecule has 2 aromatic rings. The zero-order valence-corrected chi connectivity index (χ0v) is 13.5. The van der Waals surface area contributed by atoms with Gasteiger partial charge in [0.2, 0.25) is 0 Å². The number of amides is 1. The monoisotopic (exact) mass is 324 g/mol. The molecule has 0 radical (unpaired) electrons. The van der Waals surface area contributed by atoms with Crippen LogP contribution in [0.2, 0.25) is 0 Å². The zero-order chi connectivity index (χ0) is 15.2. The summed E-state index contributed by atoms with van der Waals surface area (Å²) in [6.07, 6.45) is 0.192. The maximum atomic E-state index is 12.2. The van der Waals surface area contributed by atoms with E-state index in [1.54, 1.807) is 30.7 Å². The van der Waals surface area contributed by atoms with Crippen LogP contribution in [0.3, 0.4) is 0 Å². The SMILES string of the molecule is CCOC(=O)CCN(C)C(=O)c1csc(-c2cccs2)n1. The lowest BCUT2D eigenvalue weighted by molar-refractivity contribution is -0.143. The van der Waals surface area contributed by atoms with Gasteiger partial charge in [-0.1, -0.05) is 6.07 Å². The number of carbonyl (C=O) groups excluding carboxylic acids is 2. The van der Waals surface area contributed by atoms with E-state index in [-0.39, 0.29) is 18.3 Å². The van der Waals surface area contributed by atoms with Gasteiger partial charge in [0.05, 0.1) is 17.9 Å². The molecular weight excluding hydrogens is 308 g/mol. The van der Waals surface area contributed by atoms with Crippen LogP contribution in [-0.4, -0.2) is 42.0 Å². The van der Waals surface area contributed by atoms with Crippen molar-refractivity contribution in [3.8, 4) is 9.88 Å². The second-order valence-corrected chi connectivity index (χ2v) is 6.10. The van der Waals surface area contributed by atoms with Crippen molar-refractivity contribution in [1.29, 1.82) is 0 Å². The highest BCUT2D eigenvalue weighted by Crippen LogP contribution is 2.28. The molecule has 7 heteroatoms. The molecule has 0 aliphatic carbocycles. The zero-order valence-electron chi connectivity index (χ0n) is 11.9. The van der Waals surface area contributed by atoms with Crippen molar-refractivity contribution < 1.29 is 14.3 Å². The van der Waals surface area contributed by atoms with Crippen LogP contribution >= 0.6 is 22.7 Å². The molecule has 1 amide bonds. The molecule has 0 spiro atoms. The largest absolute Gasteiger partial charge is 0.466 e. The number of aromatic nitrogens is 1. The van der Waals surface area contributed by atoms with Gasteiger partial charge in [-0.2, -0.15) is 0 Å². The summed E-state index contributed by atoms with van der Waals surface area (Å²) >= 11 is 3.04. The molecule has 0 aliphatic rings. The van der Waals surface area contributed by atoms with Crippen LogP contribution in [-0.2, 0) is 9.53 Å². The molecule has 0 saturated heterocycles. The molecular formula is C14H16N2O3S2. The first-order chi connectivity index (χ1) is 10.1. The van der Waals surface area contributed by atoms with Crippen molar-refractivity contribution >= 4 is 34.6 Å². The average molecular weight is 324 g/mol. The Morgan fingerprint density at radius 3 is 2.86 bits per heavy atom. The van der Waals surface area contributed by atoms with Gasteiger partial charge >= 0.3 is 5.97 Å². The van der Waals surface area contributed by atoms with Crippen LogP contribution in [0, 0.1) is 0 Å². The van der Waals surface area contributed by atoms with Crippen molar-refractivity contribution in [1.82, 2.24) is 9.88 Å². The molecule has 0 unspecified atom stereocenters. The standard InChI is InChI=1S/C14H16N2O3S2/c1-3-19-12(17)6-7-16(2)14(18)10-9-21-13(15-10)11-5-4-8-20-11/h4-5,8-9H,3,6-7H2,1-2H3. The molecule has 2 rings (SSSR count). The third-order valence-corrected chi connectivity index (χ3v) is 4.64. The van der Waals surface area contributed by atoms with Crippen LogP contribution in [0.25, 0.3) is 9.88 Å². The predicted molar refractivity (Wildman–Crippen MR) is 83.6 cm³/mol. The quantitative estimate of drug-likeness (QED) is 0.767. The van der Waals surface area contributed by atoms with Crippen LogP contribution in [0.1, 0.15) is 23.8 Å². The van der Waals surface area contributed by atoms with E-state index in [1.165, 1.54) is 16.2 Å². The maximum Gasteiger partial charge on any atom is 0.307 e. The van der Waals surface area contributed by atoms with E-state index in [2.05, 4.69) is 4.98 Å². The molecule has 0 fully saturated rings. The number of thiazole rings is 1. The smallest absolute Gasteiger partial charge is 0.307 e. The molecule has 0 saturated carbocycles. The first-order valence-corrected chi connectivity index (χ1v) is 8.28. The lowest BCUT2D eigenvalue weighted by atomic mass is 10.3. The number of carbonyl (C=O) groups is 2. The molecule has 0 aliphatic heterocycles. The van der Waals surface area contributed by atoms with Crippen molar-refractivity contribution in [3.05, 3.63) is 28.6 Å². The van der Waals surface area contributed by atoms with Gasteiger partial charge in [0.25, 0.3) is 5.91 Å². The van der Waals surface area contributed by atoms with E-state index in [0.29, 0.717) is 18.8 Å². The molecule has 0 bridgehead atoms. The Bertz CT molecular complexity index is 608. The first kappa shape index (κ1) is 15.7. The number of esters is 1. The first-order valence-electron chi connectivity index (χ1n) is 6.52. The van der Waals surface area contributed by atoms with Crippen LogP contribution in [0.5, 0.6) is 0 Å². The van der Waals surface area contributed by atoms with Gasteiger partial charge in [0, 0.05) is 19.0 Å². The van der Waals surface area contributed by atoms with Gasteiger partial charge in [-0.3, -0.25) is 9.59 Å². The van der Waals surface area contributed by atoms with Crippen molar-refractivity contribution in [2.24, 2.45) is 0 Å². The van der Waals surface area contributed by atoms with Crippen molar-refractivity contribution in [2.45, 2.75) is 13.3 Å². The molecule has 2 heterocycles. The summed E-state index contributed by atoms with van der Waals surface area (Å²) in [6, 6.07) is 3.93. The number of rotatable bonds is 6. The number of thiophene rings is 1. The fourth-order valence-corrected chi connectivity index (χ4v) is 3.28. The molecule has 0 N–H and O–H groups in total. The number of hydrogen-bond donors (Lipinski definition) is 0. The highest BCUT2D eigenvalue weighted by molar-refractivity contribution is 7.20. The minimum absolute atomic E-state index is 0.182. The normalized spacial score (nSPS) is 10.4. The Labute approximate surface area is 131 Å². The third kappa shape index (κ3) is 4.12. The van der Waals surface area contributed by atoms with E-state index >= 15 is 0 Å². The summed E-state index contributed by atoms with van der Waals surface area (Å²) in [5.41, 5.74) is 0.412. The number of nitrogens with zero attached hydrogens (tertiary/aromatic N) is 2. The van der Waals surface area contributed by atoms with Crippen LogP contribution in [0.4, 0.5) is 0 Å². The summed E-state index contributed by atoms with van der Waals surface area (Å²) < 4.78 is 4.84. The van der Waals surface area contributed by atoms with Crippen LogP contribution < -0.4 is 0 Å².